The zero-order valence-corrected chi connectivity index (χ0v) is 13.8. The van der Waals surface area contributed by atoms with Crippen LogP contribution in [0.1, 0.15) is 30.1 Å². The van der Waals surface area contributed by atoms with Gasteiger partial charge in [0.05, 0.1) is 18.2 Å². The summed E-state index contributed by atoms with van der Waals surface area (Å²) in [6.45, 7) is 3.59. The first kappa shape index (κ1) is 14.9. The molecule has 6 heteroatoms. The number of carbonyl (C=O) groups excluding carboxylic acids is 1. The highest BCUT2D eigenvalue weighted by molar-refractivity contribution is 5.78. The van der Waals surface area contributed by atoms with E-state index in [2.05, 4.69) is 10.1 Å². The Labute approximate surface area is 140 Å². The van der Waals surface area contributed by atoms with Crippen molar-refractivity contribution in [3.8, 4) is 0 Å². The highest BCUT2D eigenvalue weighted by Crippen LogP contribution is 2.21. The Balaban J connectivity index is 1.47. The summed E-state index contributed by atoms with van der Waals surface area (Å²) in [6, 6.07) is 6.24. The van der Waals surface area contributed by atoms with Gasteiger partial charge in [-0.1, -0.05) is 6.07 Å². The lowest BCUT2D eigenvalue weighted by atomic mass is 10.1. The molecule has 1 atom stereocenters. The third-order valence-corrected chi connectivity index (χ3v) is 4.71. The summed E-state index contributed by atoms with van der Waals surface area (Å²) in [5.41, 5.74) is 2.87. The van der Waals surface area contributed by atoms with Gasteiger partial charge in [0.25, 0.3) is 0 Å². The molecule has 0 spiro atoms. The van der Waals surface area contributed by atoms with Gasteiger partial charge in [-0.15, -0.1) is 0 Å². The fourth-order valence-electron chi connectivity index (χ4n) is 3.45. The average molecular weight is 323 g/mol. The number of carbonyl (C=O) groups is 1. The molecule has 3 aromatic heterocycles. The highest BCUT2D eigenvalue weighted by Gasteiger charge is 2.25. The molecule has 1 amide bonds. The van der Waals surface area contributed by atoms with E-state index in [9.17, 15) is 4.79 Å². The largest absolute Gasteiger partial charge is 0.340 e. The Hall–Kier alpha value is -2.63. The first-order valence-electron chi connectivity index (χ1n) is 8.41. The Morgan fingerprint density at radius 3 is 3.04 bits per heavy atom. The van der Waals surface area contributed by atoms with Crippen LogP contribution in [0, 0.1) is 6.92 Å². The van der Waals surface area contributed by atoms with Gasteiger partial charge in [-0.2, -0.15) is 5.10 Å². The quantitative estimate of drug-likeness (QED) is 0.743. The maximum Gasteiger partial charge on any atom is 0.228 e. The van der Waals surface area contributed by atoms with Gasteiger partial charge in [0.1, 0.15) is 5.65 Å². The fourth-order valence-corrected chi connectivity index (χ4v) is 3.45. The predicted octanol–water partition coefficient (Wildman–Crippen LogP) is 2.25. The second kappa shape index (κ2) is 6.11. The van der Waals surface area contributed by atoms with E-state index < -0.39 is 0 Å². The zero-order chi connectivity index (χ0) is 16.5. The van der Waals surface area contributed by atoms with Crippen molar-refractivity contribution in [2.45, 2.75) is 32.2 Å². The molecule has 6 nitrogen and oxygen atoms in total. The van der Waals surface area contributed by atoms with Crippen LogP contribution in [0.5, 0.6) is 0 Å². The number of aryl methyl sites for hydroxylation is 1. The number of piperidine rings is 1. The second-order valence-electron chi connectivity index (χ2n) is 6.45. The van der Waals surface area contributed by atoms with Gasteiger partial charge in [0, 0.05) is 37.9 Å². The lowest BCUT2D eigenvalue weighted by Gasteiger charge is -2.32. The molecule has 24 heavy (non-hydrogen) atoms. The predicted molar refractivity (Wildman–Crippen MR) is 90.7 cm³/mol. The van der Waals surface area contributed by atoms with Gasteiger partial charge in [-0.05, 0) is 37.5 Å². The maximum atomic E-state index is 12.7. The fraction of sp³-hybridized carbons (Fsp3) is 0.389. The van der Waals surface area contributed by atoms with Gasteiger partial charge in [-0.3, -0.25) is 9.48 Å². The number of nitrogens with zero attached hydrogens (tertiary/aromatic N) is 5. The van der Waals surface area contributed by atoms with Gasteiger partial charge >= 0.3 is 0 Å². The molecule has 0 bridgehead atoms. The summed E-state index contributed by atoms with van der Waals surface area (Å²) in [5.74, 6) is 0.146. The molecular formula is C18H21N5O. The molecule has 1 aliphatic rings. The molecule has 3 aromatic rings. The summed E-state index contributed by atoms with van der Waals surface area (Å²) in [5, 5.41) is 4.32. The summed E-state index contributed by atoms with van der Waals surface area (Å²) < 4.78 is 3.95. The molecule has 0 radical (unpaired) electrons. The Kier molecular flexibility index (Phi) is 3.80. The smallest absolute Gasteiger partial charge is 0.228 e. The van der Waals surface area contributed by atoms with Crippen LogP contribution in [-0.2, 0) is 11.2 Å². The van der Waals surface area contributed by atoms with Crippen molar-refractivity contribution in [2.24, 2.45) is 0 Å². The van der Waals surface area contributed by atoms with Crippen LogP contribution in [0.2, 0.25) is 0 Å². The maximum absolute atomic E-state index is 12.7. The molecule has 4 rings (SSSR count). The van der Waals surface area contributed by atoms with E-state index in [4.69, 9.17) is 0 Å². The summed E-state index contributed by atoms with van der Waals surface area (Å²) in [4.78, 5) is 19.3. The number of aromatic nitrogens is 4. The van der Waals surface area contributed by atoms with Crippen LogP contribution in [0.3, 0.4) is 0 Å². The molecule has 0 saturated carbocycles. The zero-order valence-electron chi connectivity index (χ0n) is 13.8. The Bertz CT molecular complexity index is 852. The van der Waals surface area contributed by atoms with Crippen molar-refractivity contribution < 1.29 is 4.79 Å². The topological polar surface area (TPSA) is 55.4 Å². The lowest BCUT2D eigenvalue weighted by Crippen LogP contribution is -2.41. The molecule has 1 aliphatic heterocycles. The van der Waals surface area contributed by atoms with Crippen LogP contribution in [0.15, 0.2) is 43.0 Å². The minimum atomic E-state index is 0.146. The van der Waals surface area contributed by atoms with Crippen LogP contribution in [0.4, 0.5) is 0 Å². The molecule has 0 aliphatic carbocycles. The summed E-state index contributed by atoms with van der Waals surface area (Å²) >= 11 is 0. The van der Waals surface area contributed by atoms with Crippen molar-refractivity contribution in [1.82, 2.24) is 24.1 Å². The number of rotatable bonds is 3. The number of hydrogen-bond donors (Lipinski definition) is 0. The van der Waals surface area contributed by atoms with Crippen LogP contribution in [-0.4, -0.2) is 43.1 Å². The summed E-state index contributed by atoms with van der Waals surface area (Å²) in [6.07, 6.45) is 10.1. The molecule has 124 valence electrons. The first-order chi connectivity index (χ1) is 11.7. The number of amides is 1. The molecular weight excluding hydrogens is 302 g/mol. The van der Waals surface area contributed by atoms with E-state index in [0.717, 1.165) is 42.8 Å². The van der Waals surface area contributed by atoms with Crippen molar-refractivity contribution >= 4 is 11.6 Å². The molecule has 1 saturated heterocycles. The number of hydrogen-bond acceptors (Lipinski definition) is 3. The summed E-state index contributed by atoms with van der Waals surface area (Å²) in [7, 11) is 0. The lowest BCUT2D eigenvalue weighted by molar-refractivity contribution is -0.132. The highest BCUT2D eigenvalue weighted by atomic mass is 16.2. The molecule has 0 aromatic carbocycles. The number of pyridine rings is 1. The van der Waals surface area contributed by atoms with Gasteiger partial charge in [-0.25, -0.2) is 4.98 Å². The van der Waals surface area contributed by atoms with E-state index in [1.54, 1.807) is 6.20 Å². The first-order valence-corrected chi connectivity index (χ1v) is 8.41. The number of imidazole rings is 1. The Morgan fingerprint density at radius 2 is 2.25 bits per heavy atom. The third kappa shape index (κ3) is 2.79. The normalized spacial score (nSPS) is 18.2. The standard InChI is InChI=1S/C18H21N5O/c1-14-5-2-9-22-12-15(20-18(14)22)11-17(24)21-8-3-6-16(13-21)23-10-4-7-19-23/h2,4-5,7,9-10,12,16H,3,6,8,11,13H2,1H3/t16-/m1/s1. The van der Waals surface area contributed by atoms with E-state index in [1.165, 1.54) is 0 Å². The molecule has 0 N–H and O–H groups in total. The number of fused-ring (bicyclic) bond motifs is 1. The van der Waals surface area contributed by atoms with Gasteiger partial charge in [0.15, 0.2) is 0 Å². The minimum Gasteiger partial charge on any atom is -0.340 e. The van der Waals surface area contributed by atoms with Crippen LogP contribution < -0.4 is 0 Å². The average Bonchev–Trinajstić information content (AvgIpc) is 3.25. The van der Waals surface area contributed by atoms with Crippen molar-refractivity contribution in [3.63, 3.8) is 0 Å². The number of likely N-dealkylation sites (tertiary alicyclic amines) is 1. The van der Waals surface area contributed by atoms with Gasteiger partial charge in [0.2, 0.25) is 5.91 Å². The van der Waals surface area contributed by atoms with Crippen LogP contribution in [0.25, 0.3) is 5.65 Å². The van der Waals surface area contributed by atoms with Crippen LogP contribution >= 0.6 is 0 Å². The molecule has 4 heterocycles. The SMILES string of the molecule is Cc1cccn2cc(CC(=O)N3CCC[C@@H](n4cccn4)C3)nc12. The monoisotopic (exact) mass is 323 g/mol. The van der Waals surface area contributed by atoms with E-state index in [-0.39, 0.29) is 11.9 Å². The van der Waals surface area contributed by atoms with E-state index in [1.807, 2.05) is 57.7 Å². The van der Waals surface area contributed by atoms with Gasteiger partial charge < -0.3 is 9.30 Å². The molecule has 1 fully saturated rings. The van der Waals surface area contributed by atoms with E-state index in [0.29, 0.717) is 6.42 Å². The molecule has 0 unspecified atom stereocenters. The third-order valence-electron chi connectivity index (χ3n) is 4.71. The van der Waals surface area contributed by atoms with E-state index >= 15 is 0 Å². The van der Waals surface area contributed by atoms with Crippen molar-refractivity contribution in [3.05, 3.63) is 54.2 Å². The minimum absolute atomic E-state index is 0.146. The van der Waals surface area contributed by atoms with Crippen molar-refractivity contribution in [2.75, 3.05) is 13.1 Å². The van der Waals surface area contributed by atoms with Crippen molar-refractivity contribution in [1.29, 1.82) is 0 Å². The Morgan fingerprint density at radius 1 is 1.33 bits per heavy atom. The second-order valence-corrected chi connectivity index (χ2v) is 6.45.